The fourth-order valence-corrected chi connectivity index (χ4v) is 2.36. The molecule has 2 aromatic carbocycles. The van der Waals surface area contributed by atoms with E-state index in [-0.39, 0.29) is 11.6 Å². The van der Waals surface area contributed by atoms with Crippen molar-refractivity contribution in [1.82, 2.24) is 0 Å². The summed E-state index contributed by atoms with van der Waals surface area (Å²) in [6.07, 6.45) is 1.52. The van der Waals surface area contributed by atoms with E-state index in [9.17, 15) is 14.9 Å². The molecule has 1 aliphatic rings. The van der Waals surface area contributed by atoms with Gasteiger partial charge < -0.3 is 0 Å². The summed E-state index contributed by atoms with van der Waals surface area (Å²) in [4.78, 5) is 23.2. The molecule has 0 N–H and O–H groups in total. The smallest absolute Gasteiger partial charge is 0.267 e. The van der Waals surface area contributed by atoms with Crippen LogP contribution in [0.3, 0.4) is 0 Å². The molecule has 23 heavy (non-hydrogen) atoms. The van der Waals surface area contributed by atoms with Crippen LogP contribution in [-0.4, -0.2) is 16.5 Å². The average molecular weight is 307 g/mol. The third-order valence-corrected chi connectivity index (χ3v) is 3.50. The van der Waals surface area contributed by atoms with Crippen LogP contribution in [0, 0.1) is 10.1 Å². The Morgan fingerprint density at radius 2 is 1.74 bits per heavy atom. The molecule has 0 saturated heterocycles. The van der Waals surface area contributed by atoms with Gasteiger partial charge in [0.1, 0.15) is 0 Å². The van der Waals surface area contributed by atoms with Crippen molar-refractivity contribution in [2.24, 2.45) is 5.10 Å². The van der Waals surface area contributed by atoms with E-state index in [1.807, 2.05) is 18.2 Å². The predicted molar refractivity (Wildman–Crippen MR) is 88.1 cm³/mol. The summed E-state index contributed by atoms with van der Waals surface area (Å²) in [6, 6.07) is 15.3. The Balaban J connectivity index is 2.01. The third kappa shape index (κ3) is 2.74. The van der Waals surface area contributed by atoms with E-state index < -0.39 is 4.92 Å². The van der Waals surface area contributed by atoms with Gasteiger partial charge in [-0.3, -0.25) is 14.9 Å². The summed E-state index contributed by atoms with van der Waals surface area (Å²) in [7, 11) is 0. The molecule has 0 aromatic heterocycles. The summed E-state index contributed by atoms with van der Waals surface area (Å²) < 4.78 is 0. The molecule has 6 nitrogen and oxygen atoms in total. The molecule has 1 heterocycles. The van der Waals surface area contributed by atoms with E-state index in [0.29, 0.717) is 22.5 Å². The molecule has 0 fully saturated rings. The van der Waals surface area contributed by atoms with Gasteiger partial charge in [0, 0.05) is 6.07 Å². The van der Waals surface area contributed by atoms with Gasteiger partial charge in [-0.05, 0) is 31.2 Å². The molecule has 0 spiro atoms. The van der Waals surface area contributed by atoms with Crippen LogP contribution >= 0.6 is 0 Å². The first-order valence-corrected chi connectivity index (χ1v) is 6.98. The zero-order valence-corrected chi connectivity index (χ0v) is 12.3. The number of nitro benzene ring substituents is 1. The number of hydrogen-bond acceptors (Lipinski definition) is 4. The monoisotopic (exact) mass is 307 g/mol. The maximum atomic E-state index is 12.6. The Kier molecular flexibility index (Phi) is 3.72. The number of amides is 1. The lowest BCUT2D eigenvalue weighted by Gasteiger charge is -2.11. The SMILES string of the molecule is CC1=NN(c2ccccc2)C(=O)C1=Cc1ccccc1[N+](=O)[O-]. The number of benzene rings is 2. The lowest BCUT2D eigenvalue weighted by atomic mass is 10.1. The van der Waals surface area contributed by atoms with Crippen molar-refractivity contribution in [1.29, 1.82) is 0 Å². The highest BCUT2D eigenvalue weighted by molar-refractivity contribution is 6.32. The number of para-hydroxylation sites is 2. The Labute approximate surface area is 132 Å². The minimum Gasteiger partial charge on any atom is -0.267 e. The highest BCUT2D eigenvalue weighted by Gasteiger charge is 2.29. The first kappa shape index (κ1) is 14.6. The highest BCUT2D eigenvalue weighted by atomic mass is 16.6. The zero-order valence-electron chi connectivity index (χ0n) is 12.3. The van der Waals surface area contributed by atoms with E-state index in [0.717, 1.165) is 0 Å². The van der Waals surface area contributed by atoms with E-state index in [1.165, 1.54) is 17.2 Å². The lowest BCUT2D eigenvalue weighted by molar-refractivity contribution is -0.385. The molecular formula is C17H13N3O3. The zero-order chi connectivity index (χ0) is 16.4. The van der Waals surface area contributed by atoms with Crippen molar-refractivity contribution in [2.75, 3.05) is 5.01 Å². The molecule has 3 rings (SSSR count). The Morgan fingerprint density at radius 3 is 2.43 bits per heavy atom. The van der Waals surface area contributed by atoms with Gasteiger partial charge in [-0.1, -0.05) is 30.3 Å². The topological polar surface area (TPSA) is 75.8 Å². The van der Waals surface area contributed by atoms with Crippen molar-refractivity contribution in [2.45, 2.75) is 6.92 Å². The van der Waals surface area contributed by atoms with Crippen LogP contribution in [0.15, 0.2) is 65.3 Å². The summed E-state index contributed by atoms with van der Waals surface area (Å²) in [6.45, 7) is 1.71. The largest absolute Gasteiger partial charge is 0.280 e. The molecule has 1 amide bonds. The molecule has 0 unspecified atom stereocenters. The third-order valence-electron chi connectivity index (χ3n) is 3.50. The minimum absolute atomic E-state index is 0.0428. The molecule has 0 bridgehead atoms. The number of hydrazone groups is 1. The highest BCUT2D eigenvalue weighted by Crippen LogP contribution is 2.27. The second kappa shape index (κ2) is 5.84. The summed E-state index contributed by atoms with van der Waals surface area (Å²) in [5, 5.41) is 16.7. The normalized spacial score (nSPS) is 15.9. The second-order valence-corrected chi connectivity index (χ2v) is 5.01. The number of carbonyl (C=O) groups is 1. The molecule has 6 heteroatoms. The van der Waals surface area contributed by atoms with Crippen molar-refractivity contribution < 1.29 is 9.72 Å². The number of nitro groups is 1. The van der Waals surface area contributed by atoms with Gasteiger partial charge in [0.2, 0.25) is 0 Å². The van der Waals surface area contributed by atoms with Gasteiger partial charge in [0.15, 0.2) is 0 Å². The van der Waals surface area contributed by atoms with Crippen molar-refractivity contribution in [3.05, 3.63) is 75.8 Å². The number of anilines is 1. The first-order valence-electron chi connectivity index (χ1n) is 6.98. The first-order chi connectivity index (χ1) is 11.1. The van der Waals surface area contributed by atoms with Gasteiger partial charge in [-0.15, -0.1) is 0 Å². The van der Waals surface area contributed by atoms with Crippen LogP contribution in [0.1, 0.15) is 12.5 Å². The standard InChI is InChI=1S/C17H13N3O3/c1-12-15(11-13-7-5-6-10-16(13)20(22)23)17(21)19(18-12)14-8-3-2-4-9-14/h2-11H,1H3. The van der Waals surface area contributed by atoms with Gasteiger partial charge in [-0.2, -0.15) is 10.1 Å². The molecule has 114 valence electrons. The number of rotatable bonds is 3. The van der Waals surface area contributed by atoms with Gasteiger partial charge >= 0.3 is 0 Å². The van der Waals surface area contributed by atoms with Crippen molar-refractivity contribution >= 4 is 29.1 Å². The van der Waals surface area contributed by atoms with E-state index in [1.54, 1.807) is 37.3 Å². The van der Waals surface area contributed by atoms with Gasteiger partial charge in [0.05, 0.1) is 27.5 Å². The Morgan fingerprint density at radius 1 is 1.09 bits per heavy atom. The van der Waals surface area contributed by atoms with Crippen LogP contribution in [0.4, 0.5) is 11.4 Å². The van der Waals surface area contributed by atoms with E-state index in [4.69, 9.17) is 0 Å². The van der Waals surface area contributed by atoms with E-state index >= 15 is 0 Å². The number of carbonyl (C=O) groups excluding carboxylic acids is 1. The maximum absolute atomic E-state index is 12.6. The van der Waals surface area contributed by atoms with Crippen LogP contribution in [0.5, 0.6) is 0 Å². The Hall–Kier alpha value is -3.28. The second-order valence-electron chi connectivity index (χ2n) is 5.01. The fourth-order valence-electron chi connectivity index (χ4n) is 2.36. The predicted octanol–water partition coefficient (Wildman–Crippen LogP) is 3.40. The lowest BCUT2D eigenvalue weighted by Crippen LogP contribution is -2.21. The van der Waals surface area contributed by atoms with E-state index in [2.05, 4.69) is 5.10 Å². The van der Waals surface area contributed by atoms with Crippen LogP contribution < -0.4 is 5.01 Å². The van der Waals surface area contributed by atoms with Crippen molar-refractivity contribution in [3.63, 3.8) is 0 Å². The summed E-state index contributed by atoms with van der Waals surface area (Å²) in [5.41, 5.74) is 1.87. The summed E-state index contributed by atoms with van der Waals surface area (Å²) in [5.74, 6) is -0.299. The van der Waals surface area contributed by atoms with Crippen molar-refractivity contribution in [3.8, 4) is 0 Å². The molecule has 0 atom stereocenters. The van der Waals surface area contributed by atoms with Crippen LogP contribution in [0.2, 0.25) is 0 Å². The molecule has 0 aliphatic carbocycles. The molecule has 2 aromatic rings. The fraction of sp³-hybridized carbons (Fsp3) is 0.0588. The molecule has 1 aliphatic heterocycles. The number of nitrogens with zero attached hydrogens (tertiary/aromatic N) is 3. The van der Waals surface area contributed by atoms with Crippen LogP contribution in [-0.2, 0) is 4.79 Å². The Bertz CT molecular complexity index is 841. The minimum atomic E-state index is -0.465. The molecule has 0 radical (unpaired) electrons. The average Bonchev–Trinajstić information content (AvgIpc) is 2.84. The molecular weight excluding hydrogens is 294 g/mol. The number of hydrogen-bond donors (Lipinski definition) is 0. The quantitative estimate of drug-likeness (QED) is 0.495. The summed E-state index contributed by atoms with van der Waals surface area (Å²) >= 11 is 0. The van der Waals surface area contributed by atoms with Gasteiger partial charge in [0.25, 0.3) is 11.6 Å². The van der Waals surface area contributed by atoms with Gasteiger partial charge in [-0.25, -0.2) is 0 Å². The maximum Gasteiger partial charge on any atom is 0.280 e. The van der Waals surface area contributed by atoms with Crippen LogP contribution in [0.25, 0.3) is 6.08 Å². The molecule has 0 saturated carbocycles.